The molecule has 2 nitrogen and oxygen atoms in total. The Hall–Kier alpha value is -1.84. The van der Waals surface area contributed by atoms with E-state index in [2.05, 4.69) is 9.97 Å². The summed E-state index contributed by atoms with van der Waals surface area (Å²) in [7, 11) is 0. The summed E-state index contributed by atoms with van der Waals surface area (Å²) in [6.07, 6.45) is 4.51. The molecule has 0 aliphatic heterocycles. The number of benzene rings is 1. The van der Waals surface area contributed by atoms with Crippen LogP contribution in [0, 0.1) is 11.6 Å². The lowest BCUT2D eigenvalue weighted by atomic mass is 10.1. The molecule has 0 N–H and O–H groups in total. The van der Waals surface area contributed by atoms with Crippen LogP contribution in [0.2, 0.25) is 0 Å². The number of hydrogen-bond acceptors (Lipinski definition) is 2. The Bertz CT molecular complexity index is 443. The predicted octanol–water partition coefficient (Wildman–Crippen LogP) is 2.42. The Morgan fingerprint density at radius 3 is 2.50 bits per heavy atom. The van der Waals surface area contributed by atoms with Crippen molar-refractivity contribution in [2.45, 2.75) is 0 Å². The molecule has 70 valence electrons. The summed E-state index contributed by atoms with van der Waals surface area (Å²) in [5, 5.41) is 0. The average Bonchev–Trinajstić information content (AvgIpc) is 2.23. The zero-order valence-electron chi connectivity index (χ0n) is 7.11. The fourth-order valence-corrected chi connectivity index (χ4v) is 1.10. The van der Waals surface area contributed by atoms with Gasteiger partial charge in [-0.25, -0.2) is 8.78 Å². The van der Waals surface area contributed by atoms with E-state index in [9.17, 15) is 8.78 Å². The van der Waals surface area contributed by atoms with Gasteiger partial charge in [-0.15, -0.1) is 0 Å². The van der Waals surface area contributed by atoms with Crippen LogP contribution in [0.1, 0.15) is 0 Å². The van der Waals surface area contributed by atoms with Crippen LogP contribution in [0.15, 0.2) is 36.8 Å². The molecule has 2 rings (SSSR count). The zero-order valence-corrected chi connectivity index (χ0v) is 7.11. The molecule has 2 aromatic rings. The third-order valence-electron chi connectivity index (χ3n) is 1.78. The molecule has 1 aromatic carbocycles. The third kappa shape index (κ3) is 1.59. The van der Waals surface area contributed by atoms with E-state index in [1.807, 2.05) is 0 Å². The zero-order chi connectivity index (χ0) is 9.97. The van der Waals surface area contributed by atoms with Crippen LogP contribution in [0.3, 0.4) is 0 Å². The fourth-order valence-electron chi connectivity index (χ4n) is 1.10. The van der Waals surface area contributed by atoms with Crippen LogP contribution < -0.4 is 0 Å². The van der Waals surface area contributed by atoms with Crippen LogP contribution in [0.25, 0.3) is 11.3 Å². The molecule has 0 saturated heterocycles. The molecule has 0 aliphatic rings. The van der Waals surface area contributed by atoms with Gasteiger partial charge in [0.1, 0.15) is 0 Å². The highest BCUT2D eigenvalue weighted by Crippen LogP contribution is 2.17. The van der Waals surface area contributed by atoms with Gasteiger partial charge in [-0.1, -0.05) is 0 Å². The van der Waals surface area contributed by atoms with Crippen molar-refractivity contribution in [2.75, 3.05) is 0 Å². The average molecular weight is 192 g/mol. The van der Waals surface area contributed by atoms with Crippen molar-refractivity contribution >= 4 is 0 Å². The van der Waals surface area contributed by atoms with E-state index in [1.165, 1.54) is 24.7 Å². The maximum Gasteiger partial charge on any atom is 0.159 e. The minimum absolute atomic E-state index is 0.511. The summed E-state index contributed by atoms with van der Waals surface area (Å²) in [6, 6.07) is 3.63. The monoisotopic (exact) mass is 192 g/mol. The molecule has 0 atom stereocenters. The van der Waals surface area contributed by atoms with Crippen LogP contribution in [0.4, 0.5) is 8.78 Å². The number of nitrogens with zero attached hydrogens (tertiary/aromatic N) is 2. The Balaban J connectivity index is 2.48. The lowest BCUT2D eigenvalue weighted by molar-refractivity contribution is 0.509. The molecule has 0 spiro atoms. The lowest BCUT2D eigenvalue weighted by Crippen LogP contribution is -1.88. The van der Waals surface area contributed by atoms with E-state index < -0.39 is 11.6 Å². The summed E-state index contributed by atoms with van der Waals surface area (Å²) in [4.78, 5) is 7.80. The van der Waals surface area contributed by atoms with Gasteiger partial charge in [0.25, 0.3) is 0 Å². The molecule has 0 amide bonds. The quantitative estimate of drug-likeness (QED) is 0.693. The molecule has 0 bridgehead atoms. The summed E-state index contributed by atoms with van der Waals surface area (Å²) in [5.74, 6) is -1.74. The molecule has 1 heterocycles. The van der Waals surface area contributed by atoms with Crippen LogP contribution in [-0.2, 0) is 0 Å². The van der Waals surface area contributed by atoms with Gasteiger partial charge < -0.3 is 0 Å². The van der Waals surface area contributed by atoms with Gasteiger partial charge in [0.05, 0.1) is 11.9 Å². The Morgan fingerprint density at radius 1 is 1.00 bits per heavy atom. The van der Waals surface area contributed by atoms with Crippen molar-refractivity contribution in [3.8, 4) is 11.3 Å². The second kappa shape index (κ2) is 3.49. The Kier molecular flexibility index (Phi) is 2.18. The number of halogens is 2. The molecular weight excluding hydrogens is 186 g/mol. The van der Waals surface area contributed by atoms with Gasteiger partial charge in [-0.05, 0) is 18.2 Å². The van der Waals surface area contributed by atoms with Crippen LogP contribution >= 0.6 is 0 Å². The molecule has 0 radical (unpaired) electrons. The molecule has 14 heavy (non-hydrogen) atoms. The minimum Gasteiger partial charge on any atom is -0.261 e. The Morgan fingerprint density at radius 2 is 1.86 bits per heavy atom. The highest BCUT2D eigenvalue weighted by molar-refractivity contribution is 5.57. The van der Waals surface area contributed by atoms with Gasteiger partial charge >= 0.3 is 0 Å². The van der Waals surface area contributed by atoms with Gasteiger partial charge in [-0.2, -0.15) is 0 Å². The first-order valence-corrected chi connectivity index (χ1v) is 3.99. The molecule has 0 aliphatic carbocycles. The van der Waals surface area contributed by atoms with Crippen molar-refractivity contribution in [2.24, 2.45) is 0 Å². The van der Waals surface area contributed by atoms with Gasteiger partial charge in [0, 0.05) is 18.0 Å². The topological polar surface area (TPSA) is 25.8 Å². The van der Waals surface area contributed by atoms with Crippen LogP contribution in [0.5, 0.6) is 0 Å². The Labute approximate surface area is 79.3 Å². The maximum absolute atomic E-state index is 12.8. The minimum atomic E-state index is -0.881. The lowest BCUT2D eigenvalue weighted by Gasteiger charge is -1.99. The summed E-state index contributed by atoms with van der Waals surface area (Å²) in [6.45, 7) is 0. The first-order valence-electron chi connectivity index (χ1n) is 3.99. The second-order valence-corrected chi connectivity index (χ2v) is 2.72. The van der Waals surface area contributed by atoms with E-state index in [1.54, 1.807) is 0 Å². The summed E-state index contributed by atoms with van der Waals surface area (Å²) < 4.78 is 25.4. The molecule has 4 heteroatoms. The van der Waals surface area contributed by atoms with Gasteiger partial charge in [-0.3, -0.25) is 9.97 Å². The molecule has 0 unspecified atom stereocenters. The molecular formula is C10H6F2N2. The van der Waals surface area contributed by atoms with E-state index in [4.69, 9.17) is 0 Å². The largest absolute Gasteiger partial charge is 0.261 e. The van der Waals surface area contributed by atoms with Gasteiger partial charge in [0.2, 0.25) is 0 Å². The van der Waals surface area contributed by atoms with Crippen molar-refractivity contribution in [1.82, 2.24) is 9.97 Å². The first kappa shape index (κ1) is 8.74. The van der Waals surface area contributed by atoms with E-state index in [-0.39, 0.29) is 0 Å². The van der Waals surface area contributed by atoms with Crippen molar-refractivity contribution in [3.63, 3.8) is 0 Å². The second-order valence-electron chi connectivity index (χ2n) is 2.72. The highest BCUT2D eigenvalue weighted by atomic mass is 19.2. The van der Waals surface area contributed by atoms with Crippen molar-refractivity contribution in [1.29, 1.82) is 0 Å². The molecule has 1 aromatic heterocycles. The number of rotatable bonds is 1. The standard InChI is InChI=1S/C10H6F2N2/c11-8-2-1-7(5-9(8)12)10-6-13-3-4-14-10/h1-6H. The van der Waals surface area contributed by atoms with Crippen molar-refractivity contribution in [3.05, 3.63) is 48.4 Å². The van der Waals surface area contributed by atoms with Crippen molar-refractivity contribution < 1.29 is 8.78 Å². The maximum atomic E-state index is 12.8. The fraction of sp³-hybridized carbons (Fsp3) is 0. The third-order valence-corrected chi connectivity index (χ3v) is 1.78. The van der Waals surface area contributed by atoms with Gasteiger partial charge in [0.15, 0.2) is 11.6 Å². The molecule has 0 saturated carbocycles. The van der Waals surface area contributed by atoms with E-state index in [0.29, 0.717) is 11.3 Å². The summed E-state index contributed by atoms with van der Waals surface area (Å²) >= 11 is 0. The smallest absolute Gasteiger partial charge is 0.159 e. The van der Waals surface area contributed by atoms with E-state index in [0.717, 1.165) is 12.1 Å². The molecule has 0 fully saturated rings. The summed E-state index contributed by atoms with van der Waals surface area (Å²) in [5.41, 5.74) is 1.03. The van der Waals surface area contributed by atoms with E-state index >= 15 is 0 Å². The SMILES string of the molecule is Fc1ccc(-c2cnccn2)cc1F. The first-order chi connectivity index (χ1) is 6.77. The van der Waals surface area contributed by atoms with Crippen LogP contribution in [-0.4, -0.2) is 9.97 Å². The highest BCUT2D eigenvalue weighted by Gasteiger charge is 2.04. The number of aromatic nitrogens is 2. The number of hydrogen-bond donors (Lipinski definition) is 0. The normalized spacial score (nSPS) is 10.1. The predicted molar refractivity (Wildman–Crippen MR) is 47.4 cm³/mol.